The molecule has 1 atom stereocenters. The van der Waals surface area contributed by atoms with Crippen LogP contribution < -0.4 is 14.4 Å². The zero-order chi connectivity index (χ0) is 12.5. The lowest BCUT2D eigenvalue weighted by Gasteiger charge is -2.17. The molecule has 18 heavy (non-hydrogen) atoms. The van der Waals surface area contributed by atoms with E-state index in [9.17, 15) is 9.90 Å². The van der Waals surface area contributed by atoms with E-state index in [2.05, 4.69) is 0 Å². The van der Waals surface area contributed by atoms with E-state index in [4.69, 9.17) is 9.47 Å². The van der Waals surface area contributed by atoms with Gasteiger partial charge in [-0.15, -0.1) is 0 Å². The molecule has 3 rings (SSSR count). The number of anilines is 1. The van der Waals surface area contributed by atoms with Crippen LogP contribution in [0.25, 0.3) is 0 Å². The van der Waals surface area contributed by atoms with Gasteiger partial charge in [0.25, 0.3) is 0 Å². The fourth-order valence-electron chi connectivity index (χ4n) is 2.26. The topological polar surface area (TPSA) is 59.0 Å². The second kappa shape index (κ2) is 4.49. The van der Waals surface area contributed by atoms with Gasteiger partial charge in [0.15, 0.2) is 11.5 Å². The van der Waals surface area contributed by atoms with E-state index in [1.54, 1.807) is 11.0 Å². The van der Waals surface area contributed by atoms with Crippen molar-refractivity contribution in [2.24, 2.45) is 0 Å². The zero-order valence-corrected chi connectivity index (χ0v) is 9.96. The van der Waals surface area contributed by atoms with Gasteiger partial charge in [-0.25, -0.2) is 0 Å². The Morgan fingerprint density at radius 3 is 2.72 bits per heavy atom. The molecule has 5 nitrogen and oxygen atoms in total. The van der Waals surface area contributed by atoms with Crippen molar-refractivity contribution in [1.29, 1.82) is 0 Å². The molecule has 1 saturated heterocycles. The number of β-amino-alcohol motifs (C(OH)–C–C–N with tert-alkyl or cyclic N) is 1. The van der Waals surface area contributed by atoms with Gasteiger partial charge in [-0.2, -0.15) is 0 Å². The Kier molecular flexibility index (Phi) is 2.83. The lowest BCUT2D eigenvalue weighted by atomic mass is 10.2. The predicted octanol–water partition coefficient (Wildman–Crippen LogP) is 0.946. The lowest BCUT2D eigenvalue weighted by molar-refractivity contribution is -0.117. The fraction of sp³-hybridized carbons (Fsp3) is 0.462. The van der Waals surface area contributed by atoms with Gasteiger partial charge in [0.2, 0.25) is 5.91 Å². The number of nitrogens with zero attached hydrogens (tertiary/aromatic N) is 1. The van der Waals surface area contributed by atoms with Crippen LogP contribution >= 0.6 is 0 Å². The van der Waals surface area contributed by atoms with Gasteiger partial charge in [-0.1, -0.05) is 0 Å². The molecule has 96 valence electrons. The third-order valence-electron chi connectivity index (χ3n) is 3.15. The van der Waals surface area contributed by atoms with Crippen molar-refractivity contribution >= 4 is 11.6 Å². The molecule has 0 saturated carbocycles. The number of benzene rings is 1. The van der Waals surface area contributed by atoms with Crippen LogP contribution in [0.5, 0.6) is 11.5 Å². The Morgan fingerprint density at radius 1 is 1.22 bits per heavy atom. The summed E-state index contributed by atoms with van der Waals surface area (Å²) in [5, 5.41) is 9.50. The molecular weight excluding hydrogens is 234 g/mol. The number of ether oxygens (including phenoxy) is 2. The Bertz CT molecular complexity index is 474. The number of amides is 1. The first-order valence-electron chi connectivity index (χ1n) is 6.12. The van der Waals surface area contributed by atoms with Crippen molar-refractivity contribution in [2.45, 2.75) is 18.9 Å². The van der Waals surface area contributed by atoms with Crippen LogP contribution in [0, 0.1) is 0 Å². The molecule has 2 heterocycles. The highest BCUT2D eigenvalue weighted by atomic mass is 16.5. The largest absolute Gasteiger partial charge is 0.490 e. The molecule has 5 heteroatoms. The second-order valence-electron chi connectivity index (χ2n) is 4.54. The summed E-state index contributed by atoms with van der Waals surface area (Å²) in [7, 11) is 0. The molecule has 1 N–H and O–H groups in total. The van der Waals surface area contributed by atoms with E-state index in [0.29, 0.717) is 31.3 Å². The van der Waals surface area contributed by atoms with E-state index in [1.165, 1.54) is 0 Å². The highest BCUT2D eigenvalue weighted by molar-refractivity contribution is 5.96. The maximum Gasteiger partial charge on any atom is 0.229 e. The number of hydrogen-bond acceptors (Lipinski definition) is 4. The number of hydrogen-bond donors (Lipinski definition) is 1. The first-order valence-corrected chi connectivity index (χ1v) is 6.12. The third kappa shape index (κ3) is 2.01. The van der Waals surface area contributed by atoms with Gasteiger partial charge in [0, 0.05) is 18.2 Å². The Morgan fingerprint density at radius 2 is 2.00 bits per heavy atom. The van der Waals surface area contributed by atoms with Crippen molar-refractivity contribution in [3.63, 3.8) is 0 Å². The number of carbonyl (C=O) groups is 1. The van der Waals surface area contributed by atoms with E-state index in [0.717, 1.165) is 12.1 Å². The molecule has 0 radical (unpaired) electrons. The summed E-state index contributed by atoms with van der Waals surface area (Å²) in [5.41, 5.74) is 0.751. The molecule has 1 amide bonds. The monoisotopic (exact) mass is 249 g/mol. The Labute approximate surface area is 105 Å². The van der Waals surface area contributed by atoms with Gasteiger partial charge in [0.05, 0.1) is 32.3 Å². The number of fused-ring (bicyclic) bond motifs is 1. The average molecular weight is 249 g/mol. The summed E-state index contributed by atoms with van der Waals surface area (Å²) >= 11 is 0. The van der Waals surface area contributed by atoms with Crippen molar-refractivity contribution in [2.75, 3.05) is 24.7 Å². The van der Waals surface area contributed by atoms with Crippen LogP contribution in [0.1, 0.15) is 12.8 Å². The van der Waals surface area contributed by atoms with E-state index in [1.807, 2.05) is 12.1 Å². The van der Waals surface area contributed by atoms with Crippen LogP contribution in [0.15, 0.2) is 18.2 Å². The summed E-state index contributed by atoms with van der Waals surface area (Å²) in [6, 6.07) is 5.44. The van der Waals surface area contributed by atoms with Crippen LogP contribution in [0.3, 0.4) is 0 Å². The summed E-state index contributed by atoms with van der Waals surface area (Å²) in [5.74, 6) is 1.32. The zero-order valence-electron chi connectivity index (χ0n) is 9.96. The minimum atomic E-state index is -0.575. The average Bonchev–Trinajstić information content (AvgIpc) is 2.58. The summed E-state index contributed by atoms with van der Waals surface area (Å²) < 4.78 is 11.1. The highest BCUT2D eigenvalue weighted by Gasteiger charge is 2.29. The number of aliphatic hydroxyl groups excluding tert-OH is 1. The van der Waals surface area contributed by atoms with Crippen LogP contribution in [0.4, 0.5) is 5.69 Å². The van der Waals surface area contributed by atoms with Crippen molar-refractivity contribution in [3.8, 4) is 11.5 Å². The summed E-state index contributed by atoms with van der Waals surface area (Å²) in [6.45, 7) is 1.61. The van der Waals surface area contributed by atoms with Crippen LogP contribution in [0.2, 0.25) is 0 Å². The lowest BCUT2D eigenvalue weighted by Crippen LogP contribution is -2.25. The van der Waals surface area contributed by atoms with Crippen molar-refractivity contribution < 1.29 is 19.4 Å². The van der Waals surface area contributed by atoms with E-state index < -0.39 is 6.10 Å². The van der Waals surface area contributed by atoms with Gasteiger partial charge >= 0.3 is 0 Å². The normalized spacial score (nSPS) is 23.1. The van der Waals surface area contributed by atoms with Gasteiger partial charge < -0.3 is 19.5 Å². The standard InChI is InChI=1S/C13H15NO4/c15-10-7-13(16)14(8-10)9-2-3-11-12(6-9)18-5-1-4-17-11/h2-3,6,10,15H,1,4-5,7-8H2. The van der Waals surface area contributed by atoms with Crippen molar-refractivity contribution in [3.05, 3.63) is 18.2 Å². The number of carbonyl (C=O) groups excluding carboxylic acids is 1. The molecule has 1 aromatic carbocycles. The predicted molar refractivity (Wildman–Crippen MR) is 65.0 cm³/mol. The van der Waals surface area contributed by atoms with E-state index in [-0.39, 0.29) is 12.3 Å². The maximum atomic E-state index is 11.7. The Balaban J connectivity index is 1.90. The quantitative estimate of drug-likeness (QED) is 0.805. The summed E-state index contributed by atoms with van der Waals surface area (Å²) in [6.07, 6.45) is 0.466. The summed E-state index contributed by atoms with van der Waals surface area (Å²) in [4.78, 5) is 13.3. The molecule has 0 aliphatic carbocycles. The maximum absolute atomic E-state index is 11.7. The SMILES string of the molecule is O=C1CC(O)CN1c1ccc2c(c1)OCCCO2. The Hall–Kier alpha value is -1.75. The third-order valence-corrected chi connectivity index (χ3v) is 3.15. The molecular formula is C13H15NO4. The molecule has 0 bridgehead atoms. The molecule has 2 aliphatic heterocycles. The molecule has 1 unspecified atom stereocenters. The molecule has 1 fully saturated rings. The first kappa shape index (κ1) is 11.3. The first-order chi connectivity index (χ1) is 8.74. The van der Waals surface area contributed by atoms with Crippen molar-refractivity contribution in [1.82, 2.24) is 0 Å². The minimum absolute atomic E-state index is 0.0583. The van der Waals surface area contributed by atoms with Crippen LogP contribution in [-0.4, -0.2) is 36.9 Å². The minimum Gasteiger partial charge on any atom is -0.490 e. The molecule has 0 spiro atoms. The fourth-order valence-corrected chi connectivity index (χ4v) is 2.26. The van der Waals surface area contributed by atoms with Gasteiger partial charge in [0.1, 0.15) is 0 Å². The van der Waals surface area contributed by atoms with Gasteiger partial charge in [-0.05, 0) is 12.1 Å². The number of rotatable bonds is 1. The van der Waals surface area contributed by atoms with Crippen LogP contribution in [-0.2, 0) is 4.79 Å². The molecule has 2 aliphatic rings. The molecule has 1 aromatic rings. The smallest absolute Gasteiger partial charge is 0.229 e. The van der Waals surface area contributed by atoms with Gasteiger partial charge in [-0.3, -0.25) is 4.79 Å². The second-order valence-corrected chi connectivity index (χ2v) is 4.54. The highest BCUT2D eigenvalue weighted by Crippen LogP contribution is 2.34. The molecule has 0 aromatic heterocycles. The van der Waals surface area contributed by atoms with E-state index >= 15 is 0 Å². The number of aliphatic hydroxyl groups is 1.